The molecule has 5 nitrogen and oxygen atoms in total. The van der Waals surface area contributed by atoms with Gasteiger partial charge in [-0.3, -0.25) is 0 Å². The topological polar surface area (TPSA) is 60.2 Å². The van der Waals surface area contributed by atoms with Gasteiger partial charge in [-0.05, 0) is 18.4 Å². The summed E-state index contributed by atoms with van der Waals surface area (Å²) in [5.41, 5.74) is -2.45. The second-order valence-electron chi connectivity index (χ2n) is 6.45. The molecule has 0 saturated carbocycles. The van der Waals surface area contributed by atoms with E-state index in [1.807, 2.05) is 20.8 Å². The standard InChI is InChI=1S/C13H20F3N3O2/c1-11(2,3)8(20-4)9-18-10(21-19-9)12(13(14,15)16)5-6-17-7-12/h8,17H,5-7H2,1-4H3. The van der Waals surface area contributed by atoms with Gasteiger partial charge in [-0.2, -0.15) is 18.2 Å². The highest BCUT2D eigenvalue weighted by Gasteiger charge is 2.61. The van der Waals surface area contributed by atoms with Crippen molar-refractivity contribution in [2.75, 3.05) is 20.2 Å². The van der Waals surface area contributed by atoms with Gasteiger partial charge in [-0.25, -0.2) is 0 Å². The number of halogens is 3. The third-order valence-corrected chi connectivity index (χ3v) is 3.81. The van der Waals surface area contributed by atoms with Gasteiger partial charge >= 0.3 is 6.18 Å². The molecule has 2 unspecified atom stereocenters. The molecule has 1 fully saturated rings. The van der Waals surface area contributed by atoms with Crippen LogP contribution in [0.15, 0.2) is 4.52 Å². The third kappa shape index (κ3) is 2.78. The van der Waals surface area contributed by atoms with Crippen LogP contribution in [0, 0.1) is 5.41 Å². The van der Waals surface area contributed by atoms with Crippen molar-refractivity contribution in [1.29, 1.82) is 0 Å². The summed E-state index contributed by atoms with van der Waals surface area (Å²) in [6.07, 6.45) is -5.08. The number of hydrogen-bond donors (Lipinski definition) is 1. The van der Waals surface area contributed by atoms with E-state index in [4.69, 9.17) is 9.26 Å². The summed E-state index contributed by atoms with van der Waals surface area (Å²) in [5.74, 6) is -0.239. The van der Waals surface area contributed by atoms with Gasteiger partial charge in [0.2, 0.25) is 11.7 Å². The Morgan fingerprint density at radius 1 is 1.33 bits per heavy atom. The van der Waals surface area contributed by atoms with E-state index in [2.05, 4.69) is 15.5 Å². The monoisotopic (exact) mass is 307 g/mol. The van der Waals surface area contributed by atoms with Crippen molar-refractivity contribution in [3.05, 3.63) is 11.7 Å². The van der Waals surface area contributed by atoms with Crippen LogP contribution in [0.5, 0.6) is 0 Å². The number of hydrogen-bond acceptors (Lipinski definition) is 5. The van der Waals surface area contributed by atoms with Crippen molar-refractivity contribution >= 4 is 0 Å². The molecule has 1 N–H and O–H groups in total. The van der Waals surface area contributed by atoms with Crippen LogP contribution in [0.3, 0.4) is 0 Å². The Hall–Kier alpha value is -1.15. The first-order valence-electron chi connectivity index (χ1n) is 6.76. The van der Waals surface area contributed by atoms with Gasteiger partial charge in [0.05, 0.1) is 0 Å². The van der Waals surface area contributed by atoms with Gasteiger partial charge in [-0.15, -0.1) is 0 Å². The molecule has 21 heavy (non-hydrogen) atoms. The quantitative estimate of drug-likeness (QED) is 0.930. The predicted molar refractivity (Wildman–Crippen MR) is 68.7 cm³/mol. The minimum Gasteiger partial charge on any atom is -0.373 e. The van der Waals surface area contributed by atoms with E-state index in [0.717, 1.165) is 0 Å². The Kier molecular flexibility index (Phi) is 4.05. The molecule has 1 aliphatic heterocycles. The largest absolute Gasteiger partial charge is 0.404 e. The van der Waals surface area contributed by atoms with Gasteiger partial charge in [-0.1, -0.05) is 25.9 Å². The molecule has 2 heterocycles. The molecule has 1 aliphatic rings. The molecule has 120 valence electrons. The summed E-state index contributed by atoms with van der Waals surface area (Å²) >= 11 is 0. The highest BCUT2D eigenvalue weighted by molar-refractivity contribution is 5.15. The van der Waals surface area contributed by atoms with Crippen molar-refractivity contribution in [3.8, 4) is 0 Å². The van der Waals surface area contributed by atoms with E-state index in [0.29, 0.717) is 0 Å². The molecule has 1 aromatic rings. The lowest BCUT2D eigenvalue weighted by molar-refractivity contribution is -0.191. The molecule has 2 rings (SSSR count). The molecule has 0 amide bonds. The maximum atomic E-state index is 13.4. The zero-order valence-electron chi connectivity index (χ0n) is 12.5. The van der Waals surface area contributed by atoms with Gasteiger partial charge in [0, 0.05) is 13.7 Å². The van der Waals surface area contributed by atoms with Crippen LogP contribution in [0.4, 0.5) is 13.2 Å². The van der Waals surface area contributed by atoms with E-state index in [1.54, 1.807) is 0 Å². The Morgan fingerprint density at radius 3 is 2.43 bits per heavy atom. The fourth-order valence-corrected chi connectivity index (χ4v) is 2.62. The lowest BCUT2D eigenvalue weighted by Crippen LogP contribution is -2.44. The maximum Gasteiger partial charge on any atom is 0.404 e. The first-order chi connectivity index (χ1) is 9.62. The number of nitrogens with one attached hydrogen (secondary N) is 1. The van der Waals surface area contributed by atoms with Gasteiger partial charge in [0.1, 0.15) is 6.10 Å². The Bertz CT molecular complexity index is 488. The van der Waals surface area contributed by atoms with Crippen molar-refractivity contribution in [2.24, 2.45) is 5.41 Å². The van der Waals surface area contributed by atoms with Crippen LogP contribution in [0.2, 0.25) is 0 Å². The first kappa shape index (κ1) is 16.2. The second-order valence-corrected chi connectivity index (χ2v) is 6.45. The molecule has 0 radical (unpaired) electrons. The minimum atomic E-state index is -4.44. The highest BCUT2D eigenvalue weighted by atomic mass is 19.4. The smallest absolute Gasteiger partial charge is 0.373 e. The minimum absolute atomic E-state index is 0.106. The molecule has 2 atom stereocenters. The number of nitrogens with zero attached hydrogens (tertiary/aromatic N) is 2. The van der Waals surface area contributed by atoms with E-state index < -0.39 is 17.7 Å². The fraction of sp³-hybridized carbons (Fsp3) is 0.846. The lowest BCUT2D eigenvalue weighted by Gasteiger charge is -2.27. The molecule has 1 saturated heterocycles. The van der Waals surface area contributed by atoms with Crippen molar-refractivity contribution in [2.45, 2.75) is 44.9 Å². The summed E-state index contributed by atoms with van der Waals surface area (Å²) in [6.45, 7) is 5.71. The summed E-state index contributed by atoms with van der Waals surface area (Å²) in [4.78, 5) is 4.01. The predicted octanol–water partition coefficient (Wildman–Crippen LogP) is 2.60. The number of methoxy groups -OCH3 is 1. The average molecular weight is 307 g/mol. The van der Waals surface area contributed by atoms with Crippen LogP contribution >= 0.6 is 0 Å². The number of rotatable bonds is 3. The van der Waals surface area contributed by atoms with Crippen molar-refractivity contribution in [3.63, 3.8) is 0 Å². The lowest BCUT2D eigenvalue weighted by atomic mass is 9.85. The number of aromatic nitrogens is 2. The van der Waals surface area contributed by atoms with E-state index >= 15 is 0 Å². The van der Waals surface area contributed by atoms with Crippen LogP contribution in [-0.4, -0.2) is 36.5 Å². The summed E-state index contributed by atoms with van der Waals surface area (Å²) < 4.78 is 50.6. The normalized spacial score (nSPS) is 25.3. The summed E-state index contributed by atoms with van der Waals surface area (Å²) in [5, 5.41) is 6.44. The molecule has 0 bridgehead atoms. The average Bonchev–Trinajstić information content (AvgIpc) is 2.94. The Balaban J connectivity index is 2.39. The van der Waals surface area contributed by atoms with Crippen LogP contribution in [-0.2, 0) is 10.2 Å². The number of ether oxygens (including phenoxy) is 1. The van der Waals surface area contributed by atoms with Gasteiger partial charge < -0.3 is 14.6 Å². The van der Waals surface area contributed by atoms with Crippen molar-refractivity contribution < 1.29 is 22.4 Å². The second kappa shape index (κ2) is 5.24. The van der Waals surface area contributed by atoms with Crippen molar-refractivity contribution in [1.82, 2.24) is 15.5 Å². The molecule has 0 aliphatic carbocycles. The summed E-state index contributed by atoms with van der Waals surface area (Å²) in [7, 11) is 1.47. The zero-order valence-corrected chi connectivity index (χ0v) is 12.5. The zero-order chi connectivity index (χ0) is 15.9. The molecule has 8 heteroatoms. The van der Waals surface area contributed by atoms with Gasteiger partial charge in [0.25, 0.3) is 0 Å². The highest BCUT2D eigenvalue weighted by Crippen LogP contribution is 2.45. The third-order valence-electron chi connectivity index (χ3n) is 3.81. The maximum absolute atomic E-state index is 13.4. The SMILES string of the molecule is COC(c1noc(C2(C(F)(F)F)CCNC2)n1)C(C)(C)C. The number of alkyl halides is 3. The van der Waals surface area contributed by atoms with E-state index in [-0.39, 0.29) is 36.6 Å². The molecule has 0 spiro atoms. The Labute approximate surface area is 121 Å². The molecule has 1 aromatic heterocycles. The molecular formula is C13H20F3N3O2. The summed E-state index contributed by atoms with van der Waals surface area (Å²) in [6, 6.07) is 0. The van der Waals surface area contributed by atoms with Crippen LogP contribution in [0.25, 0.3) is 0 Å². The molecular weight excluding hydrogens is 287 g/mol. The van der Waals surface area contributed by atoms with E-state index in [1.165, 1.54) is 7.11 Å². The fourth-order valence-electron chi connectivity index (χ4n) is 2.62. The Morgan fingerprint density at radius 2 is 2.00 bits per heavy atom. The molecule has 0 aromatic carbocycles. The first-order valence-corrected chi connectivity index (χ1v) is 6.76. The van der Waals surface area contributed by atoms with Crippen LogP contribution in [0.1, 0.15) is 45.0 Å². The van der Waals surface area contributed by atoms with E-state index in [9.17, 15) is 13.2 Å². The van der Waals surface area contributed by atoms with Gasteiger partial charge in [0.15, 0.2) is 5.41 Å². The van der Waals surface area contributed by atoms with Crippen LogP contribution < -0.4 is 5.32 Å².